The highest BCUT2D eigenvalue weighted by molar-refractivity contribution is 7.89. The van der Waals surface area contributed by atoms with Crippen LogP contribution in [0.15, 0.2) is 52.5 Å². The topological polar surface area (TPSA) is 71.0 Å². The zero-order valence-corrected chi connectivity index (χ0v) is 25.5. The highest BCUT2D eigenvalue weighted by Gasteiger charge is 2.37. The first-order chi connectivity index (χ1) is 18.3. The summed E-state index contributed by atoms with van der Waals surface area (Å²) in [5.41, 5.74) is 5.20. The van der Waals surface area contributed by atoms with Crippen LogP contribution in [0.25, 0.3) is 0 Å². The van der Waals surface area contributed by atoms with Crippen molar-refractivity contribution in [2.45, 2.75) is 64.0 Å². The lowest BCUT2D eigenvalue weighted by atomic mass is 9.94. The first kappa shape index (κ1) is 28.2. The van der Waals surface area contributed by atoms with Gasteiger partial charge in [0.05, 0.1) is 33.9 Å². The number of nitrogens with zero attached hydrogens (tertiary/aromatic N) is 2. The molecular weight excluding hydrogens is 577 g/mol. The van der Waals surface area contributed by atoms with Crippen LogP contribution >= 0.6 is 34.8 Å². The third-order valence-electron chi connectivity index (χ3n) is 7.41. The van der Waals surface area contributed by atoms with Crippen LogP contribution in [-0.4, -0.2) is 26.3 Å². The Morgan fingerprint density at radius 2 is 1.67 bits per heavy atom. The van der Waals surface area contributed by atoms with Crippen LogP contribution in [0.5, 0.6) is 5.75 Å². The van der Waals surface area contributed by atoms with Gasteiger partial charge in [0.25, 0.3) is 0 Å². The molecule has 206 valence electrons. The molecule has 0 fully saturated rings. The summed E-state index contributed by atoms with van der Waals surface area (Å²) in [6.07, 6.45) is 1.16. The summed E-state index contributed by atoms with van der Waals surface area (Å²) in [6, 6.07) is 12.6. The molecule has 6 nitrogen and oxygen atoms in total. The Balaban J connectivity index is 1.45. The molecular formula is C29H30Cl3N3O3S. The summed E-state index contributed by atoms with van der Waals surface area (Å²) in [5.74, 6) is 0.801. The fourth-order valence-electron chi connectivity index (χ4n) is 5.41. The fourth-order valence-corrected chi connectivity index (χ4v) is 7.62. The summed E-state index contributed by atoms with van der Waals surface area (Å²) >= 11 is 18.8. The van der Waals surface area contributed by atoms with Gasteiger partial charge in [-0.1, -0.05) is 46.9 Å². The number of hydrogen-bond acceptors (Lipinski definition) is 5. The highest BCUT2D eigenvalue weighted by atomic mass is 35.5. The van der Waals surface area contributed by atoms with E-state index in [1.54, 1.807) is 12.1 Å². The Morgan fingerprint density at radius 1 is 1.00 bits per heavy atom. The predicted octanol–water partition coefficient (Wildman–Crippen LogP) is 7.57. The molecule has 3 aromatic rings. The van der Waals surface area contributed by atoms with Crippen molar-refractivity contribution in [2.75, 3.05) is 11.6 Å². The molecule has 0 bridgehead atoms. The van der Waals surface area contributed by atoms with Gasteiger partial charge in [0.1, 0.15) is 11.4 Å². The third-order valence-corrected chi connectivity index (χ3v) is 9.88. The third kappa shape index (κ3) is 5.40. The lowest BCUT2D eigenvalue weighted by Crippen LogP contribution is -2.30. The second kappa shape index (κ2) is 10.3. The molecule has 0 radical (unpaired) electrons. The number of benzene rings is 3. The summed E-state index contributed by atoms with van der Waals surface area (Å²) in [6.45, 7) is 9.70. The van der Waals surface area contributed by atoms with E-state index in [0.29, 0.717) is 49.8 Å². The van der Waals surface area contributed by atoms with Crippen LogP contribution in [-0.2, 0) is 16.4 Å². The van der Waals surface area contributed by atoms with E-state index >= 15 is 0 Å². The zero-order chi connectivity index (χ0) is 28.3. The van der Waals surface area contributed by atoms with Crippen molar-refractivity contribution in [3.8, 4) is 5.75 Å². The lowest BCUT2D eigenvalue weighted by Gasteiger charge is -2.25. The van der Waals surface area contributed by atoms with Crippen LogP contribution in [0.2, 0.25) is 15.1 Å². The van der Waals surface area contributed by atoms with Gasteiger partial charge in [-0.25, -0.2) is 13.1 Å². The van der Waals surface area contributed by atoms with E-state index < -0.39 is 10.0 Å². The maximum Gasteiger partial charge on any atom is 0.241 e. The second-order valence-corrected chi connectivity index (χ2v) is 13.7. The molecule has 1 unspecified atom stereocenters. The van der Waals surface area contributed by atoms with Crippen LogP contribution in [0, 0.1) is 20.8 Å². The van der Waals surface area contributed by atoms with Gasteiger partial charge in [0, 0.05) is 28.5 Å². The Bertz CT molecular complexity index is 1600. The van der Waals surface area contributed by atoms with Crippen molar-refractivity contribution in [1.29, 1.82) is 0 Å². The predicted molar refractivity (Wildman–Crippen MR) is 159 cm³/mol. The number of hydrogen-bond donors (Lipinski definition) is 1. The summed E-state index contributed by atoms with van der Waals surface area (Å²) < 4.78 is 36.4. The normalized spacial score (nSPS) is 18.2. The summed E-state index contributed by atoms with van der Waals surface area (Å²) in [5, 5.41) is 8.23. The molecule has 39 heavy (non-hydrogen) atoms. The Hall–Kier alpha value is -2.29. The van der Waals surface area contributed by atoms with Gasteiger partial charge in [0.15, 0.2) is 0 Å². The standard InChI is InChI=1S/C29H30Cl3N3O3S/c1-16-17(2)28(18(3)23-14-29(4,5)38-27(16)23)39(36,37)33-15-22-13-26(19-6-8-20(30)9-7-19)35(34-22)25-11-10-21(31)12-24(25)32/h6-12,26,33H,13-15H2,1-5H3. The van der Waals surface area contributed by atoms with E-state index in [1.807, 2.05) is 70.0 Å². The average Bonchev–Trinajstić information content (AvgIpc) is 3.43. The Morgan fingerprint density at radius 3 is 2.33 bits per heavy atom. The number of nitrogens with one attached hydrogen (secondary N) is 1. The van der Waals surface area contributed by atoms with Crippen LogP contribution in [0.1, 0.15) is 54.1 Å². The molecule has 2 aliphatic heterocycles. The van der Waals surface area contributed by atoms with Gasteiger partial charge >= 0.3 is 0 Å². The molecule has 5 rings (SSSR count). The van der Waals surface area contributed by atoms with E-state index in [4.69, 9.17) is 44.6 Å². The molecule has 2 aliphatic rings. The van der Waals surface area contributed by atoms with Crippen LogP contribution in [0.3, 0.4) is 0 Å². The Labute approximate surface area is 245 Å². The van der Waals surface area contributed by atoms with E-state index in [9.17, 15) is 8.42 Å². The van der Waals surface area contributed by atoms with E-state index in [1.165, 1.54) is 0 Å². The molecule has 10 heteroatoms. The van der Waals surface area contributed by atoms with Crippen LogP contribution < -0.4 is 14.5 Å². The number of hydrazone groups is 1. The maximum absolute atomic E-state index is 13.7. The van der Waals surface area contributed by atoms with Crippen molar-refractivity contribution in [2.24, 2.45) is 5.10 Å². The number of anilines is 1. The van der Waals surface area contributed by atoms with Crippen LogP contribution in [0.4, 0.5) is 5.69 Å². The monoisotopic (exact) mass is 605 g/mol. The average molecular weight is 607 g/mol. The minimum Gasteiger partial charge on any atom is -0.487 e. The number of rotatable bonds is 6. The number of sulfonamides is 1. The number of fused-ring (bicyclic) bond motifs is 1. The largest absolute Gasteiger partial charge is 0.487 e. The summed E-state index contributed by atoms with van der Waals surface area (Å²) in [7, 11) is -3.84. The van der Waals surface area contributed by atoms with Gasteiger partial charge < -0.3 is 4.74 Å². The highest BCUT2D eigenvalue weighted by Crippen LogP contribution is 2.44. The van der Waals surface area contributed by atoms with Gasteiger partial charge in [-0.2, -0.15) is 5.10 Å². The molecule has 1 N–H and O–H groups in total. The molecule has 0 amide bonds. The second-order valence-electron chi connectivity index (χ2n) is 10.8. The van der Waals surface area contributed by atoms with Gasteiger partial charge in [-0.15, -0.1) is 0 Å². The lowest BCUT2D eigenvalue weighted by molar-refractivity contribution is 0.137. The van der Waals surface area contributed by atoms with E-state index in [2.05, 4.69) is 4.72 Å². The van der Waals surface area contributed by atoms with Gasteiger partial charge in [-0.05, 0) is 87.2 Å². The molecule has 0 aliphatic carbocycles. The van der Waals surface area contributed by atoms with Crippen molar-refractivity contribution in [3.63, 3.8) is 0 Å². The number of ether oxygens (including phenoxy) is 1. The Kier molecular flexibility index (Phi) is 7.44. The molecule has 0 saturated heterocycles. The summed E-state index contributed by atoms with van der Waals surface area (Å²) in [4.78, 5) is 0.311. The zero-order valence-electron chi connectivity index (χ0n) is 22.4. The molecule has 0 aromatic heterocycles. The molecule has 0 saturated carbocycles. The van der Waals surface area contributed by atoms with E-state index in [-0.39, 0.29) is 18.2 Å². The maximum atomic E-state index is 13.7. The minimum absolute atomic E-state index is 0.0607. The van der Waals surface area contributed by atoms with Crippen molar-refractivity contribution >= 4 is 56.2 Å². The molecule has 1 atom stereocenters. The minimum atomic E-state index is -3.84. The van der Waals surface area contributed by atoms with Gasteiger partial charge in [0.2, 0.25) is 10.0 Å². The van der Waals surface area contributed by atoms with Crippen molar-refractivity contribution < 1.29 is 13.2 Å². The smallest absolute Gasteiger partial charge is 0.241 e. The fraction of sp³-hybridized carbons (Fsp3) is 0.345. The molecule has 3 aromatic carbocycles. The SMILES string of the molecule is Cc1c(C)c(S(=O)(=O)NCC2=NN(c3ccc(Cl)cc3Cl)C(c3ccc(Cl)cc3)C2)c(C)c2c1OC(C)(C)C2. The van der Waals surface area contributed by atoms with Crippen molar-refractivity contribution in [3.05, 3.63) is 85.3 Å². The number of halogens is 3. The molecule has 0 spiro atoms. The first-order valence-electron chi connectivity index (χ1n) is 12.6. The van der Waals surface area contributed by atoms with Crippen molar-refractivity contribution in [1.82, 2.24) is 4.72 Å². The first-order valence-corrected chi connectivity index (χ1v) is 15.3. The molecule has 2 heterocycles. The van der Waals surface area contributed by atoms with Gasteiger partial charge in [-0.3, -0.25) is 5.01 Å². The quantitative estimate of drug-likeness (QED) is 0.314. The van der Waals surface area contributed by atoms with E-state index in [0.717, 1.165) is 28.0 Å².